The van der Waals surface area contributed by atoms with Crippen LogP contribution in [0.4, 0.5) is 0 Å². The number of rotatable bonds is 7. The molecule has 0 radical (unpaired) electrons. The number of benzene rings is 1. The Morgan fingerprint density at radius 1 is 1.26 bits per heavy atom. The molecule has 0 aliphatic carbocycles. The van der Waals surface area contributed by atoms with Crippen LogP contribution in [-0.2, 0) is 9.53 Å². The maximum Gasteiger partial charge on any atom is 0.326 e. The molecule has 1 aromatic rings. The highest BCUT2D eigenvalue weighted by Gasteiger charge is 2.18. The Balaban J connectivity index is 2.56. The summed E-state index contributed by atoms with van der Waals surface area (Å²) in [4.78, 5) is 11.5. The number of nitrogens with one attached hydrogen (secondary N) is 1. The molecule has 0 saturated carbocycles. The van der Waals surface area contributed by atoms with Crippen LogP contribution in [0.15, 0.2) is 24.3 Å². The molecular weight excluding hydrogens is 242 g/mol. The summed E-state index contributed by atoms with van der Waals surface area (Å²) in [6, 6.07) is 7.51. The lowest BCUT2D eigenvalue weighted by atomic mass is 10.0. The number of hydrogen-bond acceptors (Lipinski definition) is 4. The summed E-state index contributed by atoms with van der Waals surface area (Å²) in [7, 11) is 1.38. The summed E-state index contributed by atoms with van der Waals surface area (Å²) in [6.45, 7) is 7.19. The van der Waals surface area contributed by atoms with Crippen molar-refractivity contribution in [2.45, 2.75) is 32.7 Å². The lowest BCUT2D eigenvalue weighted by molar-refractivity contribution is -0.143. The Kier molecular flexibility index (Phi) is 6.36. The fourth-order valence-electron chi connectivity index (χ4n) is 1.73. The monoisotopic (exact) mass is 265 g/mol. The zero-order valence-corrected chi connectivity index (χ0v) is 12.1. The number of esters is 1. The number of ether oxygens (including phenoxy) is 2. The smallest absolute Gasteiger partial charge is 0.326 e. The van der Waals surface area contributed by atoms with Gasteiger partial charge in [-0.2, -0.15) is 0 Å². The standard InChI is InChI=1S/C15H23NO3/c1-5-16-14(15(17)18-4)10-19-13-8-6-12(7-9-13)11(2)3/h6-9,11,14,16H,5,10H2,1-4H3. The maximum absolute atomic E-state index is 11.5. The Labute approximate surface area is 115 Å². The predicted molar refractivity (Wildman–Crippen MR) is 75.5 cm³/mol. The quantitative estimate of drug-likeness (QED) is 0.769. The van der Waals surface area contributed by atoms with E-state index in [4.69, 9.17) is 9.47 Å². The van der Waals surface area contributed by atoms with Crippen molar-refractivity contribution in [2.24, 2.45) is 0 Å². The summed E-state index contributed by atoms with van der Waals surface area (Å²) in [5.74, 6) is 0.954. The second-order valence-electron chi connectivity index (χ2n) is 4.67. The summed E-state index contributed by atoms with van der Waals surface area (Å²) >= 11 is 0. The first kappa shape index (κ1) is 15.5. The molecule has 0 saturated heterocycles. The summed E-state index contributed by atoms with van der Waals surface area (Å²) in [5.41, 5.74) is 1.27. The molecule has 1 atom stereocenters. The van der Waals surface area contributed by atoms with E-state index < -0.39 is 6.04 Å². The van der Waals surface area contributed by atoms with Gasteiger partial charge in [-0.1, -0.05) is 32.9 Å². The van der Waals surface area contributed by atoms with Crippen LogP contribution in [0, 0.1) is 0 Å². The molecule has 0 fully saturated rings. The molecule has 0 heterocycles. The van der Waals surface area contributed by atoms with Crippen LogP contribution >= 0.6 is 0 Å². The molecule has 4 heteroatoms. The largest absolute Gasteiger partial charge is 0.491 e. The van der Waals surface area contributed by atoms with Gasteiger partial charge in [-0.05, 0) is 30.2 Å². The van der Waals surface area contributed by atoms with Gasteiger partial charge in [0.25, 0.3) is 0 Å². The lowest BCUT2D eigenvalue weighted by Crippen LogP contribution is -2.42. The SMILES string of the molecule is CCNC(COc1ccc(C(C)C)cc1)C(=O)OC. The minimum Gasteiger partial charge on any atom is -0.491 e. The Hall–Kier alpha value is -1.55. The first-order valence-corrected chi connectivity index (χ1v) is 6.62. The van der Waals surface area contributed by atoms with Crippen molar-refractivity contribution >= 4 is 5.97 Å². The van der Waals surface area contributed by atoms with Crippen molar-refractivity contribution in [3.8, 4) is 5.75 Å². The van der Waals surface area contributed by atoms with Gasteiger partial charge >= 0.3 is 5.97 Å². The van der Waals surface area contributed by atoms with E-state index in [0.29, 0.717) is 12.5 Å². The van der Waals surface area contributed by atoms with Gasteiger partial charge in [0.15, 0.2) is 0 Å². The van der Waals surface area contributed by atoms with Crippen molar-refractivity contribution in [3.63, 3.8) is 0 Å². The van der Waals surface area contributed by atoms with Gasteiger partial charge in [-0.25, -0.2) is 0 Å². The highest BCUT2D eigenvalue weighted by molar-refractivity contribution is 5.75. The first-order chi connectivity index (χ1) is 9.08. The molecule has 0 amide bonds. The van der Waals surface area contributed by atoms with E-state index in [0.717, 1.165) is 5.75 Å². The number of methoxy groups -OCH3 is 1. The van der Waals surface area contributed by atoms with Gasteiger partial charge in [-0.15, -0.1) is 0 Å². The third-order valence-corrected chi connectivity index (χ3v) is 2.90. The number of hydrogen-bond donors (Lipinski definition) is 1. The number of carbonyl (C=O) groups is 1. The predicted octanol–water partition coefficient (Wildman–Crippen LogP) is 2.34. The second kappa shape index (κ2) is 7.79. The average Bonchev–Trinajstić information content (AvgIpc) is 2.43. The van der Waals surface area contributed by atoms with Crippen LogP contribution in [0.1, 0.15) is 32.3 Å². The molecule has 4 nitrogen and oxygen atoms in total. The third-order valence-electron chi connectivity index (χ3n) is 2.90. The molecule has 0 aliphatic rings. The fraction of sp³-hybridized carbons (Fsp3) is 0.533. The van der Waals surface area contributed by atoms with Gasteiger partial charge in [0.2, 0.25) is 0 Å². The van der Waals surface area contributed by atoms with Crippen LogP contribution in [0.25, 0.3) is 0 Å². The van der Waals surface area contributed by atoms with Crippen molar-refractivity contribution in [3.05, 3.63) is 29.8 Å². The molecule has 0 spiro atoms. The van der Waals surface area contributed by atoms with E-state index >= 15 is 0 Å². The first-order valence-electron chi connectivity index (χ1n) is 6.62. The summed E-state index contributed by atoms with van der Waals surface area (Å²) < 4.78 is 10.3. The highest BCUT2D eigenvalue weighted by atomic mass is 16.5. The third kappa shape index (κ3) is 4.91. The molecule has 1 N–H and O–H groups in total. The van der Waals surface area contributed by atoms with E-state index in [1.165, 1.54) is 12.7 Å². The molecule has 19 heavy (non-hydrogen) atoms. The molecule has 106 valence electrons. The van der Waals surface area contributed by atoms with Gasteiger partial charge in [0, 0.05) is 0 Å². The van der Waals surface area contributed by atoms with Gasteiger partial charge in [0.1, 0.15) is 18.4 Å². The van der Waals surface area contributed by atoms with Crippen molar-refractivity contribution in [1.29, 1.82) is 0 Å². The van der Waals surface area contributed by atoms with Gasteiger partial charge < -0.3 is 14.8 Å². The van der Waals surface area contributed by atoms with Crippen molar-refractivity contribution in [1.82, 2.24) is 5.32 Å². The van der Waals surface area contributed by atoms with Crippen LogP contribution in [0.3, 0.4) is 0 Å². The normalized spacial score (nSPS) is 12.3. The zero-order chi connectivity index (χ0) is 14.3. The molecule has 0 aromatic heterocycles. The molecular formula is C15H23NO3. The highest BCUT2D eigenvalue weighted by Crippen LogP contribution is 2.18. The molecule has 0 bridgehead atoms. The van der Waals surface area contributed by atoms with Crippen LogP contribution in [0.5, 0.6) is 5.75 Å². The summed E-state index contributed by atoms with van der Waals surface area (Å²) in [6.07, 6.45) is 0. The molecule has 1 unspecified atom stereocenters. The molecule has 0 aliphatic heterocycles. The zero-order valence-electron chi connectivity index (χ0n) is 12.1. The van der Waals surface area contributed by atoms with Gasteiger partial charge in [0.05, 0.1) is 7.11 Å². The van der Waals surface area contributed by atoms with Gasteiger partial charge in [-0.3, -0.25) is 4.79 Å². The average molecular weight is 265 g/mol. The minimum atomic E-state index is -0.431. The van der Waals surface area contributed by atoms with Crippen LogP contribution in [0.2, 0.25) is 0 Å². The van der Waals surface area contributed by atoms with E-state index in [-0.39, 0.29) is 12.6 Å². The van der Waals surface area contributed by atoms with E-state index in [1.54, 1.807) is 0 Å². The maximum atomic E-state index is 11.5. The Morgan fingerprint density at radius 2 is 1.89 bits per heavy atom. The fourth-order valence-corrected chi connectivity index (χ4v) is 1.73. The number of carbonyl (C=O) groups excluding carboxylic acids is 1. The van der Waals surface area contributed by atoms with E-state index in [1.807, 2.05) is 31.2 Å². The molecule has 1 rings (SSSR count). The second-order valence-corrected chi connectivity index (χ2v) is 4.67. The topological polar surface area (TPSA) is 47.6 Å². The van der Waals surface area contributed by atoms with Crippen LogP contribution in [-0.4, -0.2) is 32.3 Å². The lowest BCUT2D eigenvalue weighted by Gasteiger charge is -2.16. The number of likely N-dealkylation sites (N-methyl/N-ethyl adjacent to an activating group) is 1. The van der Waals surface area contributed by atoms with Crippen molar-refractivity contribution < 1.29 is 14.3 Å². The Bertz CT molecular complexity index is 387. The van der Waals surface area contributed by atoms with E-state index in [2.05, 4.69) is 19.2 Å². The molecule has 1 aromatic carbocycles. The minimum absolute atomic E-state index is 0.265. The van der Waals surface area contributed by atoms with E-state index in [9.17, 15) is 4.79 Å². The summed E-state index contributed by atoms with van der Waals surface area (Å²) in [5, 5.41) is 3.03. The van der Waals surface area contributed by atoms with Crippen molar-refractivity contribution in [2.75, 3.05) is 20.3 Å². The van der Waals surface area contributed by atoms with Crippen LogP contribution < -0.4 is 10.1 Å². The Morgan fingerprint density at radius 3 is 2.37 bits per heavy atom.